The molecule has 0 radical (unpaired) electrons. The van der Waals surface area contributed by atoms with Gasteiger partial charge in [-0.25, -0.2) is 9.97 Å². The number of hydrogen-bond acceptors (Lipinski definition) is 6. The monoisotopic (exact) mass is 414 g/mol. The molecule has 0 spiro atoms. The van der Waals surface area contributed by atoms with Crippen LogP contribution in [0.3, 0.4) is 0 Å². The molecule has 0 aliphatic rings. The Kier molecular flexibility index (Phi) is 6.87. The molecule has 0 aliphatic heterocycles. The molecule has 3 aromatic rings. The average Bonchev–Trinajstić information content (AvgIpc) is 3.28. The molecule has 0 atom stereocenters. The number of aryl methyl sites for hydroxylation is 2. The van der Waals surface area contributed by atoms with E-state index in [0.717, 1.165) is 29.2 Å². The Morgan fingerprint density at radius 2 is 2.07 bits per heavy atom. The Balaban J connectivity index is 1.77. The topological polar surface area (TPSA) is 78.3 Å². The molecule has 0 saturated carbocycles. The van der Waals surface area contributed by atoms with Crippen molar-refractivity contribution < 1.29 is 14.3 Å². The molecule has 154 valence electrons. The lowest BCUT2D eigenvalue weighted by Gasteiger charge is -2.13. The number of nitrogens with zero attached hydrogens (tertiary/aromatic N) is 3. The van der Waals surface area contributed by atoms with Crippen molar-refractivity contribution in [3.8, 4) is 22.2 Å². The van der Waals surface area contributed by atoms with Crippen molar-refractivity contribution >= 4 is 22.4 Å². The molecular weight excluding hydrogens is 388 g/mol. The summed E-state index contributed by atoms with van der Waals surface area (Å²) in [6, 6.07) is 5.22. The van der Waals surface area contributed by atoms with E-state index in [1.807, 2.05) is 31.7 Å². The number of unbranched alkanes of at least 4 members (excludes halogenated alkanes) is 1. The highest BCUT2D eigenvalue weighted by Crippen LogP contribution is 2.32. The van der Waals surface area contributed by atoms with Crippen LogP contribution < -0.4 is 14.8 Å². The molecule has 8 heteroatoms. The quantitative estimate of drug-likeness (QED) is 0.514. The van der Waals surface area contributed by atoms with Gasteiger partial charge in [-0.3, -0.25) is 10.1 Å². The number of ether oxygens (including phenoxy) is 2. The van der Waals surface area contributed by atoms with E-state index in [1.54, 1.807) is 24.4 Å². The van der Waals surface area contributed by atoms with Gasteiger partial charge in [-0.05, 0) is 38.5 Å². The van der Waals surface area contributed by atoms with E-state index in [1.165, 1.54) is 11.3 Å². The van der Waals surface area contributed by atoms with E-state index in [9.17, 15) is 4.79 Å². The zero-order chi connectivity index (χ0) is 20.8. The summed E-state index contributed by atoms with van der Waals surface area (Å²) in [6.45, 7) is 7.04. The number of hydrogen-bond donors (Lipinski definition) is 1. The summed E-state index contributed by atoms with van der Waals surface area (Å²) in [5, 5.41) is 3.41. The van der Waals surface area contributed by atoms with Crippen LogP contribution in [0.2, 0.25) is 0 Å². The molecule has 0 fully saturated rings. The Morgan fingerprint density at radius 3 is 2.76 bits per heavy atom. The van der Waals surface area contributed by atoms with Crippen LogP contribution in [0.25, 0.3) is 10.7 Å². The van der Waals surface area contributed by atoms with Crippen molar-refractivity contribution in [2.75, 3.05) is 18.5 Å². The van der Waals surface area contributed by atoms with E-state index in [-0.39, 0.29) is 5.91 Å². The Bertz CT molecular complexity index is 980. The summed E-state index contributed by atoms with van der Waals surface area (Å²) in [5.74, 6) is 1.80. The number of benzene rings is 1. The Labute approximate surface area is 174 Å². The van der Waals surface area contributed by atoms with Crippen LogP contribution in [-0.4, -0.2) is 33.7 Å². The van der Waals surface area contributed by atoms with Crippen molar-refractivity contribution in [3.05, 3.63) is 41.9 Å². The van der Waals surface area contributed by atoms with Crippen LogP contribution in [0.5, 0.6) is 11.5 Å². The number of amides is 1. The van der Waals surface area contributed by atoms with Gasteiger partial charge in [0.2, 0.25) is 0 Å². The Morgan fingerprint density at radius 1 is 1.24 bits per heavy atom. The predicted molar refractivity (Wildman–Crippen MR) is 115 cm³/mol. The first-order valence-electron chi connectivity index (χ1n) is 9.69. The summed E-state index contributed by atoms with van der Waals surface area (Å²) in [4.78, 5) is 22.5. The first-order valence-corrected chi connectivity index (χ1v) is 10.5. The van der Waals surface area contributed by atoms with Crippen LogP contribution in [0, 0.1) is 6.92 Å². The smallest absolute Gasteiger partial charge is 0.257 e. The zero-order valence-corrected chi connectivity index (χ0v) is 18.0. The maximum atomic E-state index is 12.8. The third-order valence-corrected chi connectivity index (χ3v) is 5.37. The number of carbonyl (C=O) groups excluding carboxylic acids is 1. The summed E-state index contributed by atoms with van der Waals surface area (Å²) >= 11 is 1.40. The summed E-state index contributed by atoms with van der Waals surface area (Å²) < 4.78 is 13.4. The number of carbonyl (C=O) groups is 1. The maximum Gasteiger partial charge on any atom is 0.257 e. The number of nitrogens with one attached hydrogen (secondary N) is 1. The summed E-state index contributed by atoms with van der Waals surface area (Å²) in [6.07, 6.45) is 5.64. The van der Waals surface area contributed by atoms with E-state index in [0.29, 0.717) is 35.4 Å². The van der Waals surface area contributed by atoms with Gasteiger partial charge in [0.05, 0.1) is 23.8 Å². The van der Waals surface area contributed by atoms with Crippen molar-refractivity contribution in [1.82, 2.24) is 14.5 Å². The van der Waals surface area contributed by atoms with E-state index < -0.39 is 0 Å². The van der Waals surface area contributed by atoms with Gasteiger partial charge >= 0.3 is 0 Å². The second-order valence-corrected chi connectivity index (χ2v) is 7.55. The van der Waals surface area contributed by atoms with Gasteiger partial charge in [0.15, 0.2) is 22.5 Å². The minimum atomic E-state index is -0.244. The fraction of sp³-hybridized carbons (Fsp3) is 0.381. The normalized spacial score (nSPS) is 10.8. The van der Waals surface area contributed by atoms with Crippen LogP contribution >= 0.6 is 11.3 Å². The first kappa shape index (κ1) is 20.9. The minimum absolute atomic E-state index is 0.244. The lowest BCUT2D eigenvalue weighted by atomic mass is 10.2. The van der Waals surface area contributed by atoms with Crippen LogP contribution in [-0.2, 0) is 7.05 Å². The largest absolute Gasteiger partial charge is 0.490 e. The van der Waals surface area contributed by atoms with E-state index in [2.05, 4.69) is 22.2 Å². The van der Waals surface area contributed by atoms with E-state index in [4.69, 9.17) is 9.47 Å². The number of anilines is 1. The number of rotatable bonds is 9. The molecular formula is C21H26N4O3S. The number of imidazole rings is 1. The standard InChI is InChI=1S/C21H26N4O3S/c1-5-7-12-28-16-9-8-15(13-17(16)27-6-2)20(26)24-21-23-14(3)18(29-21)19-22-10-11-25(19)4/h8-11,13H,5-7,12H2,1-4H3,(H,23,24,26). The van der Waals surface area contributed by atoms with Crippen LogP contribution in [0.1, 0.15) is 42.7 Å². The molecule has 1 amide bonds. The van der Waals surface area contributed by atoms with Crippen molar-refractivity contribution in [3.63, 3.8) is 0 Å². The van der Waals surface area contributed by atoms with Crippen molar-refractivity contribution in [2.24, 2.45) is 7.05 Å². The van der Waals surface area contributed by atoms with Gasteiger partial charge in [-0.1, -0.05) is 24.7 Å². The summed E-state index contributed by atoms with van der Waals surface area (Å²) in [5.41, 5.74) is 1.32. The average molecular weight is 415 g/mol. The van der Waals surface area contributed by atoms with Gasteiger partial charge in [0.1, 0.15) is 0 Å². The molecule has 2 aromatic heterocycles. The molecule has 0 saturated heterocycles. The highest BCUT2D eigenvalue weighted by Gasteiger charge is 2.17. The molecule has 7 nitrogen and oxygen atoms in total. The molecule has 29 heavy (non-hydrogen) atoms. The van der Waals surface area contributed by atoms with Gasteiger partial charge in [0, 0.05) is 25.0 Å². The molecule has 0 unspecified atom stereocenters. The van der Waals surface area contributed by atoms with Crippen LogP contribution in [0.15, 0.2) is 30.6 Å². The van der Waals surface area contributed by atoms with Gasteiger partial charge < -0.3 is 14.0 Å². The van der Waals surface area contributed by atoms with Crippen molar-refractivity contribution in [2.45, 2.75) is 33.6 Å². The van der Waals surface area contributed by atoms with Gasteiger partial charge in [-0.2, -0.15) is 0 Å². The van der Waals surface area contributed by atoms with Crippen LogP contribution in [0.4, 0.5) is 5.13 Å². The number of aromatic nitrogens is 3. The third kappa shape index (κ3) is 4.95. The second-order valence-electron chi connectivity index (χ2n) is 6.55. The highest BCUT2D eigenvalue weighted by atomic mass is 32.1. The summed E-state index contributed by atoms with van der Waals surface area (Å²) in [7, 11) is 1.93. The lowest BCUT2D eigenvalue weighted by molar-refractivity contribution is 0.102. The molecule has 2 heterocycles. The molecule has 1 aromatic carbocycles. The molecule has 0 bridgehead atoms. The number of thiazole rings is 1. The van der Waals surface area contributed by atoms with Gasteiger partial charge in [-0.15, -0.1) is 0 Å². The van der Waals surface area contributed by atoms with Gasteiger partial charge in [0.25, 0.3) is 5.91 Å². The zero-order valence-electron chi connectivity index (χ0n) is 17.2. The Hall–Kier alpha value is -2.87. The third-order valence-electron chi connectivity index (χ3n) is 4.30. The highest BCUT2D eigenvalue weighted by molar-refractivity contribution is 7.19. The van der Waals surface area contributed by atoms with E-state index >= 15 is 0 Å². The predicted octanol–water partition coefficient (Wildman–Crippen LogP) is 4.68. The molecule has 3 rings (SSSR count). The first-order chi connectivity index (χ1) is 14.0. The molecule has 0 aliphatic carbocycles. The minimum Gasteiger partial charge on any atom is -0.490 e. The maximum absolute atomic E-state index is 12.8. The molecule has 1 N–H and O–H groups in total. The SMILES string of the molecule is CCCCOc1ccc(C(=O)Nc2nc(C)c(-c3nccn3C)s2)cc1OCC. The fourth-order valence-electron chi connectivity index (χ4n) is 2.77. The second kappa shape index (κ2) is 9.56. The lowest BCUT2D eigenvalue weighted by Crippen LogP contribution is -2.12. The fourth-order valence-corrected chi connectivity index (χ4v) is 3.78. The van der Waals surface area contributed by atoms with Crippen molar-refractivity contribution in [1.29, 1.82) is 0 Å².